The van der Waals surface area contributed by atoms with Crippen LogP contribution in [0.3, 0.4) is 0 Å². The molecule has 4 rings (SSSR count). The smallest absolute Gasteiger partial charge is 0.257 e. The summed E-state index contributed by atoms with van der Waals surface area (Å²) >= 11 is 1.39. The number of halogens is 1. The van der Waals surface area contributed by atoms with Crippen molar-refractivity contribution in [2.24, 2.45) is 5.73 Å². The molecule has 0 bridgehead atoms. The Balaban J connectivity index is 0.00000272. The Kier molecular flexibility index (Phi) is 7.05. The number of nitrogens with two attached hydrogens (primary N) is 1. The van der Waals surface area contributed by atoms with Crippen molar-refractivity contribution in [3.05, 3.63) is 82.7 Å². The second kappa shape index (κ2) is 9.73. The zero-order chi connectivity index (χ0) is 21.1. The van der Waals surface area contributed by atoms with Crippen molar-refractivity contribution in [1.29, 1.82) is 0 Å². The highest BCUT2D eigenvalue weighted by Crippen LogP contribution is 2.31. The standard InChI is InChI=1S/C24H21N3O2S.ClH/c1-2-8-16-13-19(22(25)28)24(30-16)27-23(29)18-14-21(15-9-4-3-5-10-15)26-20-12-7-6-11-17(18)20;/h3-7,9-14H,2,8H2,1H3,(H2,25,28)(H,27,29);1H. The van der Waals surface area contributed by atoms with E-state index in [0.717, 1.165) is 34.2 Å². The number of carbonyl (C=O) groups excluding carboxylic acids is 2. The quantitative estimate of drug-likeness (QED) is 0.395. The third-order valence-electron chi connectivity index (χ3n) is 4.80. The minimum Gasteiger partial charge on any atom is -0.366 e. The molecule has 7 heteroatoms. The molecule has 0 saturated heterocycles. The van der Waals surface area contributed by atoms with Crippen molar-refractivity contribution in [3.8, 4) is 11.3 Å². The molecule has 2 aromatic heterocycles. The van der Waals surface area contributed by atoms with Gasteiger partial charge in [0.25, 0.3) is 11.8 Å². The van der Waals surface area contributed by atoms with Gasteiger partial charge in [0.1, 0.15) is 5.00 Å². The van der Waals surface area contributed by atoms with Gasteiger partial charge in [0, 0.05) is 15.8 Å². The number of aromatic nitrogens is 1. The van der Waals surface area contributed by atoms with Gasteiger partial charge in [-0.2, -0.15) is 0 Å². The van der Waals surface area contributed by atoms with Crippen molar-refractivity contribution in [3.63, 3.8) is 0 Å². The third kappa shape index (κ3) is 4.76. The van der Waals surface area contributed by atoms with Gasteiger partial charge in [0.05, 0.1) is 22.3 Å². The number of hydrogen-bond donors (Lipinski definition) is 2. The van der Waals surface area contributed by atoms with Gasteiger partial charge in [-0.1, -0.05) is 61.9 Å². The summed E-state index contributed by atoms with van der Waals surface area (Å²) in [4.78, 5) is 30.9. The monoisotopic (exact) mass is 451 g/mol. The van der Waals surface area contributed by atoms with E-state index >= 15 is 0 Å². The van der Waals surface area contributed by atoms with Crippen molar-refractivity contribution >= 4 is 51.5 Å². The summed E-state index contributed by atoms with van der Waals surface area (Å²) in [5, 5.41) is 4.14. The Morgan fingerprint density at radius 1 is 1.00 bits per heavy atom. The zero-order valence-electron chi connectivity index (χ0n) is 16.9. The number of benzene rings is 2. The average Bonchev–Trinajstić information content (AvgIpc) is 3.16. The van der Waals surface area contributed by atoms with Crippen LogP contribution >= 0.6 is 23.7 Å². The Bertz CT molecular complexity index is 1240. The number of thiophene rings is 1. The molecule has 0 radical (unpaired) electrons. The first kappa shape index (κ1) is 22.5. The molecule has 2 aromatic carbocycles. The molecule has 4 aromatic rings. The fourth-order valence-corrected chi connectivity index (χ4v) is 4.54. The number of nitrogens with zero attached hydrogens (tertiary/aromatic N) is 1. The van der Waals surface area contributed by atoms with Crippen LogP contribution in [0.25, 0.3) is 22.2 Å². The number of carbonyl (C=O) groups is 2. The number of nitrogens with one attached hydrogen (secondary N) is 1. The molecule has 0 atom stereocenters. The average molecular weight is 452 g/mol. The van der Waals surface area contributed by atoms with Crippen LogP contribution in [-0.4, -0.2) is 16.8 Å². The first-order valence-corrected chi connectivity index (χ1v) is 10.6. The molecular formula is C24H22ClN3O2S. The lowest BCUT2D eigenvalue weighted by Gasteiger charge is -2.10. The summed E-state index contributed by atoms with van der Waals surface area (Å²) in [6, 6.07) is 20.8. The van der Waals surface area contributed by atoms with Gasteiger partial charge in [-0.3, -0.25) is 9.59 Å². The number of fused-ring (bicyclic) bond motifs is 1. The summed E-state index contributed by atoms with van der Waals surface area (Å²) < 4.78 is 0. The molecule has 5 nitrogen and oxygen atoms in total. The van der Waals surface area contributed by atoms with Gasteiger partial charge in [-0.25, -0.2) is 4.98 Å². The van der Waals surface area contributed by atoms with Crippen molar-refractivity contribution in [1.82, 2.24) is 4.98 Å². The highest BCUT2D eigenvalue weighted by molar-refractivity contribution is 7.16. The maximum atomic E-state index is 13.3. The second-order valence-electron chi connectivity index (χ2n) is 6.96. The number of primary amides is 1. The van der Waals surface area contributed by atoms with E-state index in [4.69, 9.17) is 10.7 Å². The van der Waals surface area contributed by atoms with E-state index in [9.17, 15) is 9.59 Å². The van der Waals surface area contributed by atoms with Crippen LogP contribution in [0.1, 0.15) is 38.9 Å². The Labute approximate surface area is 190 Å². The maximum absolute atomic E-state index is 13.3. The highest BCUT2D eigenvalue weighted by atomic mass is 35.5. The highest BCUT2D eigenvalue weighted by Gasteiger charge is 2.19. The lowest BCUT2D eigenvalue weighted by Crippen LogP contribution is -2.17. The molecule has 0 aliphatic heterocycles. The molecule has 2 heterocycles. The molecule has 3 N–H and O–H groups in total. The van der Waals surface area contributed by atoms with Crippen LogP contribution in [-0.2, 0) is 6.42 Å². The predicted molar refractivity (Wildman–Crippen MR) is 129 cm³/mol. The lowest BCUT2D eigenvalue weighted by atomic mass is 10.0. The number of para-hydroxylation sites is 1. The molecule has 0 spiro atoms. The van der Waals surface area contributed by atoms with E-state index < -0.39 is 5.91 Å². The van der Waals surface area contributed by atoms with Gasteiger partial charge in [-0.15, -0.1) is 23.7 Å². The second-order valence-corrected chi connectivity index (χ2v) is 8.10. The summed E-state index contributed by atoms with van der Waals surface area (Å²) in [6.45, 7) is 2.07. The van der Waals surface area contributed by atoms with Gasteiger partial charge in [0.2, 0.25) is 0 Å². The first-order chi connectivity index (χ1) is 14.6. The van der Waals surface area contributed by atoms with E-state index in [2.05, 4.69) is 12.2 Å². The summed E-state index contributed by atoms with van der Waals surface area (Å²) in [5.41, 5.74) is 8.76. The van der Waals surface area contributed by atoms with Crippen LogP contribution < -0.4 is 11.1 Å². The fourth-order valence-electron chi connectivity index (χ4n) is 3.38. The Morgan fingerprint density at radius 3 is 2.42 bits per heavy atom. The van der Waals surface area contributed by atoms with Crippen LogP contribution in [0, 0.1) is 0 Å². The van der Waals surface area contributed by atoms with Crippen molar-refractivity contribution in [2.75, 3.05) is 5.32 Å². The minimum atomic E-state index is -0.548. The number of anilines is 1. The number of rotatable bonds is 6. The zero-order valence-corrected chi connectivity index (χ0v) is 18.6. The van der Waals surface area contributed by atoms with E-state index in [1.165, 1.54) is 11.3 Å². The number of hydrogen-bond acceptors (Lipinski definition) is 4. The van der Waals surface area contributed by atoms with Crippen LogP contribution in [0.4, 0.5) is 5.00 Å². The summed E-state index contributed by atoms with van der Waals surface area (Å²) in [7, 11) is 0. The molecule has 0 aliphatic rings. The molecule has 158 valence electrons. The van der Waals surface area contributed by atoms with Gasteiger partial charge >= 0.3 is 0 Å². The predicted octanol–water partition coefficient (Wildman–Crippen LogP) is 5.69. The molecule has 31 heavy (non-hydrogen) atoms. The van der Waals surface area contributed by atoms with Gasteiger partial charge in [-0.05, 0) is 24.6 Å². The number of pyridine rings is 1. The number of aryl methyl sites for hydroxylation is 1. The molecule has 0 fully saturated rings. The van der Waals surface area contributed by atoms with E-state index in [-0.39, 0.29) is 18.3 Å². The topological polar surface area (TPSA) is 85.1 Å². The molecule has 0 saturated carbocycles. The van der Waals surface area contributed by atoms with Crippen molar-refractivity contribution < 1.29 is 9.59 Å². The third-order valence-corrected chi connectivity index (χ3v) is 5.91. The van der Waals surface area contributed by atoms with E-state index in [1.54, 1.807) is 12.1 Å². The normalized spacial score (nSPS) is 10.5. The van der Waals surface area contributed by atoms with E-state index in [0.29, 0.717) is 21.8 Å². The van der Waals surface area contributed by atoms with Crippen molar-refractivity contribution in [2.45, 2.75) is 19.8 Å². The Hall–Kier alpha value is -3.22. The maximum Gasteiger partial charge on any atom is 0.257 e. The molecule has 2 amide bonds. The summed E-state index contributed by atoms with van der Waals surface area (Å²) in [6.07, 6.45) is 1.78. The largest absolute Gasteiger partial charge is 0.366 e. The number of amides is 2. The summed E-state index contributed by atoms with van der Waals surface area (Å²) in [5.74, 6) is -0.841. The van der Waals surface area contributed by atoms with Crippen LogP contribution in [0.15, 0.2) is 66.7 Å². The van der Waals surface area contributed by atoms with E-state index in [1.807, 2.05) is 54.6 Å². The minimum absolute atomic E-state index is 0. The fraction of sp³-hybridized carbons (Fsp3) is 0.125. The van der Waals surface area contributed by atoms with Gasteiger partial charge < -0.3 is 11.1 Å². The molecular weight excluding hydrogens is 430 g/mol. The van der Waals surface area contributed by atoms with Crippen LogP contribution in [0.2, 0.25) is 0 Å². The molecule has 0 unspecified atom stereocenters. The lowest BCUT2D eigenvalue weighted by molar-refractivity contribution is 0.100. The SMILES string of the molecule is CCCc1cc(C(N)=O)c(NC(=O)c2cc(-c3ccccc3)nc3ccccc23)s1.Cl. The molecule has 0 aliphatic carbocycles. The first-order valence-electron chi connectivity index (χ1n) is 9.76. The van der Waals surface area contributed by atoms with Gasteiger partial charge in [0.15, 0.2) is 0 Å². The Morgan fingerprint density at radius 2 is 1.71 bits per heavy atom. The van der Waals surface area contributed by atoms with Crippen LogP contribution in [0.5, 0.6) is 0 Å².